The van der Waals surface area contributed by atoms with Gasteiger partial charge in [0.25, 0.3) is 0 Å². The fourth-order valence-electron chi connectivity index (χ4n) is 1.98. The van der Waals surface area contributed by atoms with Crippen molar-refractivity contribution in [3.8, 4) is 11.1 Å². The molecule has 0 amide bonds. The molecule has 0 aliphatic heterocycles. The summed E-state index contributed by atoms with van der Waals surface area (Å²) in [6, 6.07) is 9.38. The lowest BCUT2D eigenvalue weighted by Crippen LogP contribution is -1.89. The molecule has 0 atom stereocenters. The summed E-state index contributed by atoms with van der Waals surface area (Å²) in [5.74, 6) is 3.92. The highest BCUT2D eigenvalue weighted by Crippen LogP contribution is 2.27. The van der Waals surface area contributed by atoms with Crippen LogP contribution >= 0.6 is 8.19 Å². The largest absolute Gasteiger partial charge is 0.206 e. The molecule has 0 unspecified atom stereocenters. The van der Waals surface area contributed by atoms with E-state index in [1.807, 2.05) is 55.2 Å². The number of halogens is 1. The van der Waals surface area contributed by atoms with Gasteiger partial charge < -0.3 is 0 Å². The van der Waals surface area contributed by atoms with E-state index >= 15 is 0 Å². The van der Waals surface area contributed by atoms with Gasteiger partial charge >= 0.3 is 0 Å². The van der Waals surface area contributed by atoms with Crippen molar-refractivity contribution in [1.29, 1.82) is 0 Å². The second-order valence-electron chi connectivity index (χ2n) is 4.28. The van der Waals surface area contributed by atoms with Crippen LogP contribution in [0.2, 0.25) is 0 Å². The summed E-state index contributed by atoms with van der Waals surface area (Å²) in [5.41, 5.74) is 3.43. The van der Waals surface area contributed by atoms with Gasteiger partial charge in [-0.15, -0.1) is 0 Å². The molecule has 0 fully saturated rings. The Labute approximate surface area is 121 Å². The molecule has 0 saturated heterocycles. The summed E-state index contributed by atoms with van der Waals surface area (Å²) in [4.78, 5) is 0. The molecule has 1 heterocycles. The van der Waals surface area contributed by atoms with E-state index in [1.54, 1.807) is 12.1 Å². The van der Waals surface area contributed by atoms with Crippen molar-refractivity contribution in [2.24, 2.45) is 0 Å². The van der Waals surface area contributed by atoms with Gasteiger partial charge in [0.2, 0.25) is 0 Å². The zero-order valence-corrected chi connectivity index (χ0v) is 12.3. The second kappa shape index (κ2) is 6.98. The molecule has 20 heavy (non-hydrogen) atoms. The lowest BCUT2D eigenvalue weighted by molar-refractivity contribution is 0.625. The first-order chi connectivity index (χ1) is 9.76. The van der Waals surface area contributed by atoms with E-state index in [1.165, 1.54) is 0 Å². The minimum atomic E-state index is -0.204. The number of rotatable bonds is 4. The van der Waals surface area contributed by atoms with Gasteiger partial charge in [0.05, 0.1) is 0 Å². The average molecular weight is 282 g/mol. The van der Waals surface area contributed by atoms with Crippen molar-refractivity contribution in [1.82, 2.24) is 0 Å². The van der Waals surface area contributed by atoms with Gasteiger partial charge in [0, 0.05) is 5.56 Å². The summed E-state index contributed by atoms with van der Waals surface area (Å²) >= 11 is 0. The molecule has 0 N–H and O–H groups in total. The molecule has 2 rings (SSSR count). The molecule has 0 aliphatic rings. The Bertz CT molecular complexity index is 654. The fourth-order valence-corrected chi connectivity index (χ4v) is 2.64. The zero-order chi connectivity index (χ0) is 14.4. The molecule has 1 aromatic carbocycles. The van der Waals surface area contributed by atoms with Crippen LogP contribution in [0.4, 0.5) is 4.39 Å². The third kappa shape index (κ3) is 3.31. The Morgan fingerprint density at radius 2 is 2.10 bits per heavy atom. The molecule has 100 valence electrons. The third-order valence-corrected chi connectivity index (χ3v) is 3.77. The van der Waals surface area contributed by atoms with Crippen LogP contribution in [0.15, 0.2) is 72.8 Å². The van der Waals surface area contributed by atoms with E-state index in [0.717, 1.165) is 24.9 Å². The maximum atomic E-state index is 14.3. The van der Waals surface area contributed by atoms with Crippen molar-refractivity contribution >= 4 is 13.8 Å². The average Bonchev–Trinajstić information content (AvgIpc) is 2.50. The number of allylic oxidation sites excluding steroid dienone is 5. The maximum Gasteiger partial charge on any atom is 0.131 e. The van der Waals surface area contributed by atoms with Crippen molar-refractivity contribution in [2.45, 2.75) is 6.92 Å². The Morgan fingerprint density at radius 3 is 2.70 bits per heavy atom. The van der Waals surface area contributed by atoms with Gasteiger partial charge in [-0.3, -0.25) is 0 Å². The second-order valence-corrected chi connectivity index (χ2v) is 5.13. The van der Waals surface area contributed by atoms with Gasteiger partial charge in [-0.2, -0.15) is 0 Å². The number of benzene rings is 1. The van der Waals surface area contributed by atoms with Crippen LogP contribution in [-0.4, -0.2) is 0 Å². The molecule has 0 nitrogen and oxygen atoms in total. The van der Waals surface area contributed by atoms with E-state index in [4.69, 9.17) is 0 Å². The Morgan fingerprint density at radius 1 is 1.25 bits per heavy atom. The molecule has 0 saturated carbocycles. The maximum absolute atomic E-state index is 14.3. The van der Waals surface area contributed by atoms with E-state index in [9.17, 15) is 4.39 Å². The van der Waals surface area contributed by atoms with Crippen LogP contribution in [0.5, 0.6) is 0 Å². The predicted molar refractivity (Wildman–Crippen MR) is 87.3 cm³/mol. The summed E-state index contributed by atoms with van der Waals surface area (Å²) in [5, 5.41) is 0. The molecule has 0 aliphatic carbocycles. The smallest absolute Gasteiger partial charge is 0.131 e. The quantitative estimate of drug-likeness (QED) is 0.584. The molecular formula is C18H16FP. The van der Waals surface area contributed by atoms with Crippen LogP contribution in [-0.2, 0) is 0 Å². The molecule has 1 aromatic heterocycles. The Balaban J connectivity index is 2.40. The highest BCUT2D eigenvalue weighted by atomic mass is 31.0. The SMILES string of the molecule is C=C/C=C\C(=C/C)c1ccc(-c2cccpc2)cc1F. The third-order valence-electron chi connectivity index (χ3n) is 3.00. The van der Waals surface area contributed by atoms with E-state index in [0.29, 0.717) is 5.56 Å². The summed E-state index contributed by atoms with van der Waals surface area (Å²) in [7, 11) is 1.13. The first-order valence-electron chi connectivity index (χ1n) is 6.42. The standard InChI is InChI=1S/C18H16FP/c1-3-5-7-14(4-2)17-10-9-15(12-18(17)19)16-8-6-11-20-13-16/h3-13H,1H2,2H3/b7-5-,14-4+. The van der Waals surface area contributed by atoms with Gasteiger partial charge in [0.15, 0.2) is 0 Å². The molecule has 0 spiro atoms. The Kier molecular flexibility index (Phi) is 5.03. The molecular weight excluding hydrogens is 266 g/mol. The Hall–Kier alpha value is -1.98. The van der Waals surface area contributed by atoms with Crippen LogP contribution in [0, 0.1) is 5.82 Å². The normalized spacial score (nSPS) is 12.2. The van der Waals surface area contributed by atoms with Crippen LogP contribution in [0.3, 0.4) is 0 Å². The van der Waals surface area contributed by atoms with Crippen LogP contribution < -0.4 is 0 Å². The van der Waals surface area contributed by atoms with E-state index in [-0.39, 0.29) is 5.82 Å². The molecule has 2 heteroatoms. The highest BCUT2D eigenvalue weighted by molar-refractivity contribution is 7.28. The first kappa shape index (κ1) is 14.4. The minimum absolute atomic E-state index is 0.204. The van der Waals surface area contributed by atoms with Gasteiger partial charge in [-0.05, 0) is 41.3 Å². The van der Waals surface area contributed by atoms with Crippen LogP contribution in [0.25, 0.3) is 16.7 Å². The lowest BCUT2D eigenvalue weighted by Gasteiger charge is -2.07. The summed E-state index contributed by atoms with van der Waals surface area (Å²) < 4.78 is 14.3. The fraction of sp³-hybridized carbons (Fsp3) is 0.0556. The van der Waals surface area contributed by atoms with Crippen molar-refractivity contribution < 1.29 is 4.39 Å². The van der Waals surface area contributed by atoms with Crippen molar-refractivity contribution in [3.05, 3.63) is 84.2 Å². The van der Waals surface area contributed by atoms with Gasteiger partial charge in [-0.25, -0.2) is 4.39 Å². The van der Waals surface area contributed by atoms with E-state index < -0.39 is 0 Å². The van der Waals surface area contributed by atoms with Gasteiger partial charge in [0.1, 0.15) is 5.82 Å². The highest BCUT2D eigenvalue weighted by Gasteiger charge is 2.07. The molecule has 0 radical (unpaired) electrons. The minimum Gasteiger partial charge on any atom is -0.206 e. The molecule has 2 aromatic rings. The van der Waals surface area contributed by atoms with Crippen LogP contribution in [0.1, 0.15) is 12.5 Å². The van der Waals surface area contributed by atoms with Crippen molar-refractivity contribution in [2.75, 3.05) is 0 Å². The number of hydrogen-bond donors (Lipinski definition) is 0. The first-order valence-corrected chi connectivity index (χ1v) is 7.45. The van der Waals surface area contributed by atoms with Gasteiger partial charge in [-0.1, -0.05) is 63.3 Å². The number of hydrogen-bond acceptors (Lipinski definition) is 0. The van der Waals surface area contributed by atoms with E-state index in [2.05, 4.69) is 12.4 Å². The molecule has 0 bridgehead atoms. The predicted octanol–water partition coefficient (Wildman–Crippen LogP) is 6.22. The lowest BCUT2D eigenvalue weighted by atomic mass is 10.0. The topological polar surface area (TPSA) is 0 Å². The van der Waals surface area contributed by atoms with Crippen molar-refractivity contribution in [3.63, 3.8) is 0 Å². The summed E-state index contributed by atoms with van der Waals surface area (Å²) in [6.07, 6.45) is 7.25. The summed E-state index contributed by atoms with van der Waals surface area (Å²) in [6.45, 7) is 5.53. The monoisotopic (exact) mass is 282 g/mol. The zero-order valence-electron chi connectivity index (χ0n) is 11.4.